The smallest absolute Gasteiger partial charge is 0.270 e. The molecule has 0 radical (unpaired) electrons. The van der Waals surface area contributed by atoms with Gasteiger partial charge in [-0.3, -0.25) is 19.8 Å². The maximum absolute atomic E-state index is 12.2. The van der Waals surface area contributed by atoms with E-state index in [0.717, 1.165) is 0 Å². The van der Waals surface area contributed by atoms with Gasteiger partial charge in [-0.25, -0.2) is 0 Å². The van der Waals surface area contributed by atoms with Gasteiger partial charge in [0.15, 0.2) is 0 Å². The first-order valence-corrected chi connectivity index (χ1v) is 8.40. The van der Waals surface area contributed by atoms with E-state index in [4.69, 9.17) is 0 Å². The van der Waals surface area contributed by atoms with E-state index in [0.29, 0.717) is 22.7 Å². The first-order chi connectivity index (χ1) is 13.5. The molecule has 28 heavy (non-hydrogen) atoms. The van der Waals surface area contributed by atoms with Crippen molar-refractivity contribution >= 4 is 33.5 Å². The van der Waals surface area contributed by atoms with Crippen molar-refractivity contribution in [1.82, 2.24) is 10.2 Å². The highest BCUT2D eigenvalue weighted by atomic mass is 16.3. The van der Waals surface area contributed by atoms with E-state index < -0.39 is 11.1 Å². The number of H-pyrrole nitrogens is 2. The van der Waals surface area contributed by atoms with Crippen LogP contribution in [0.25, 0.3) is 10.8 Å². The highest BCUT2D eigenvalue weighted by Crippen LogP contribution is 2.32. The van der Waals surface area contributed by atoms with Gasteiger partial charge in [-0.1, -0.05) is 12.1 Å². The van der Waals surface area contributed by atoms with E-state index in [1.807, 2.05) is 0 Å². The molecule has 140 valence electrons. The predicted molar refractivity (Wildman–Crippen MR) is 108 cm³/mol. The number of anilines is 4. The molecule has 4 aromatic rings. The molecule has 8 heteroatoms. The van der Waals surface area contributed by atoms with Gasteiger partial charge in [0.25, 0.3) is 11.1 Å². The minimum atomic E-state index is -0.433. The summed E-state index contributed by atoms with van der Waals surface area (Å²) < 4.78 is 0. The summed E-state index contributed by atoms with van der Waals surface area (Å²) in [6, 6.07) is 16.1. The predicted octanol–water partition coefficient (Wildman–Crippen LogP) is 3.11. The van der Waals surface area contributed by atoms with Crippen molar-refractivity contribution in [3.8, 4) is 11.5 Å². The molecule has 1 heterocycles. The summed E-state index contributed by atoms with van der Waals surface area (Å²) in [6.07, 6.45) is 0. The number of benzene rings is 3. The van der Waals surface area contributed by atoms with Crippen LogP contribution in [0.2, 0.25) is 0 Å². The van der Waals surface area contributed by atoms with Gasteiger partial charge in [-0.2, -0.15) is 0 Å². The van der Waals surface area contributed by atoms with Crippen molar-refractivity contribution < 1.29 is 10.2 Å². The Hall–Kier alpha value is -4.20. The maximum atomic E-state index is 12.2. The van der Waals surface area contributed by atoms with E-state index in [-0.39, 0.29) is 22.3 Å². The number of rotatable bonds is 4. The largest absolute Gasteiger partial charge is 0.508 e. The van der Waals surface area contributed by atoms with Crippen LogP contribution in [0.5, 0.6) is 11.5 Å². The highest BCUT2D eigenvalue weighted by Gasteiger charge is 2.11. The van der Waals surface area contributed by atoms with E-state index in [1.165, 1.54) is 12.1 Å². The van der Waals surface area contributed by atoms with Crippen molar-refractivity contribution in [2.24, 2.45) is 0 Å². The quantitative estimate of drug-likeness (QED) is 0.324. The lowest BCUT2D eigenvalue weighted by Crippen LogP contribution is -2.19. The number of aromatic amines is 2. The lowest BCUT2D eigenvalue weighted by atomic mass is 10.1. The van der Waals surface area contributed by atoms with Crippen molar-refractivity contribution in [3.63, 3.8) is 0 Å². The van der Waals surface area contributed by atoms with Crippen LogP contribution in [-0.4, -0.2) is 20.4 Å². The van der Waals surface area contributed by atoms with Gasteiger partial charge in [0.2, 0.25) is 0 Å². The average Bonchev–Trinajstić information content (AvgIpc) is 2.66. The van der Waals surface area contributed by atoms with Crippen LogP contribution in [0.4, 0.5) is 22.7 Å². The summed E-state index contributed by atoms with van der Waals surface area (Å²) >= 11 is 0. The third-order valence-corrected chi connectivity index (χ3v) is 4.19. The third-order valence-electron chi connectivity index (χ3n) is 4.19. The van der Waals surface area contributed by atoms with Gasteiger partial charge < -0.3 is 20.8 Å². The summed E-state index contributed by atoms with van der Waals surface area (Å²) in [5.41, 5.74) is 1.35. The Kier molecular flexibility index (Phi) is 4.21. The van der Waals surface area contributed by atoms with Crippen molar-refractivity contribution in [1.29, 1.82) is 0 Å². The zero-order valence-electron chi connectivity index (χ0n) is 14.5. The molecule has 0 aliphatic heterocycles. The van der Waals surface area contributed by atoms with Gasteiger partial charge in [0, 0.05) is 23.5 Å². The van der Waals surface area contributed by atoms with Crippen LogP contribution < -0.4 is 21.8 Å². The molecular weight excluding hydrogens is 360 g/mol. The molecule has 8 nitrogen and oxygen atoms in total. The van der Waals surface area contributed by atoms with Gasteiger partial charge in [0.1, 0.15) is 11.5 Å². The monoisotopic (exact) mass is 376 g/mol. The first kappa shape index (κ1) is 17.2. The lowest BCUT2D eigenvalue weighted by Gasteiger charge is -2.15. The summed E-state index contributed by atoms with van der Waals surface area (Å²) in [4.78, 5) is 24.3. The zero-order chi connectivity index (χ0) is 19.7. The fraction of sp³-hybridized carbons (Fsp3) is 0. The van der Waals surface area contributed by atoms with Gasteiger partial charge in [0.05, 0.1) is 22.1 Å². The molecule has 6 N–H and O–H groups in total. The second-order valence-corrected chi connectivity index (χ2v) is 6.20. The number of fused-ring (bicyclic) bond motifs is 1. The van der Waals surface area contributed by atoms with Crippen LogP contribution >= 0.6 is 0 Å². The Morgan fingerprint density at radius 3 is 1.46 bits per heavy atom. The third kappa shape index (κ3) is 3.38. The Morgan fingerprint density at radius 2 is 1.07 bits per heavy atom. The normalized spacial score (nSPS) is 10.7. The molecule has 0 aliphatic rings. The standard InChI is InChI=1S/C20H16N4O4/c25-13-5-1-3-11(7-13)21-17-9-15-16(20(28)24-23-19(15)27)10-18(17)22-12-4-2-6-14(26)8-12/h1-10,21-22,25-26H,(H,23,27)(H,24,28). The van der Waals surface area contributed by atoms with Crippen molar-refractivity contribution in [2.45, 2.75) is 0 Å². The number of aromatic hydroxyl groups is 2. The lowest BCUT2D eigenvalue weighted by molar-refractivity contribution is 0.475. The maximum Gasteiger partial charge on any atom is 0.270 e. The summed E-state index contributed by atoms with van der Waals surface area (Å²) in [5.74, 6) is 0.171. The van der Waals surface area contributed by atoms with Crippen LogP contribution in [0.1, 0.15) is 0 Å². The van der Waals surface area contributed by atoms with E-state index in [2.05, 4.69) is 20.8 Å². The minimum Gasteiger partial charge on any atom is -0.508 e. The first-order valence-electron chi connectivity index (χ1n) is 8.40. The number of hydrogen-bond donors (Lipinski definition) is 6. The fourth-order valence-corrected chi connectivity index (χ4v) is 2.91. The van der Waals surface area contributed by atoms with E-state index in [9.17, 15) is 19.8 Å². The Bertz CT molecular complexity index is 1190. The molecule has 0 bridgehead atoms. The molecule has 4 rings (SSSR count). The van der Waals surface area contributed by atoms with Crippen LogP contribution in [0.3, 0.4) is 0 Å². The van der Waals surface area contributed by atoms with Crippen LogP contribution in [0, 0.1) is 0 Å². The molecule has 0 aliphatic carbocycles. The summed E-state index contributed by atoms with van der Waals surface area (Å²) in [7, 11) is 0. The average molecular weight is 376 g/mol. The molecule has 0 unspecified atom stereocenters. The van der Waals surface area contributed by atoms with Gasteiger partial charge in [-0.05, 0) is 36.4 Å². The highest BCUT2D eigenvalue weighted by molar-refractivity contribution is 5.93. The van der Waals surface area contributed by atoms with Gasteiger partial charge in [-0.15, -0.1) is 0 Å². The topological polar surface area (TPSA) is 130 Å². The van der Waals surface area contributed by atoms with Crippen molar-refractivity contribution in [2.75, 3.05) is 10.6 Å². The van der Waals surface area contributed by atoms with E-state index in [1.54, 1.807) is 48.5 Å². The second kappa shape index (κ2) is 6.84. The molecular formula is C20H16N4O4. The number of hydrogen-bond acceptors (Lipinski definition) is 6. The molecule has 0 atom stereocenters. The molecule has 0 saturated carbocycles. The Morgan fingerprint density at radius 1 is 0.643 bits per heavy atom. The van der Waals surface area contributed by atoms with Crippen LogP contribution in [-0.2, 0) is 0 Å². The molecule has 1 aromatic heterocycles. The Labute approximate surface area is 158 Å². The molecule has 0 saturated heterocycles. The number of nitrogens with one attached hydrogen (secondary N) is 4. The van der Waals surface area contributed by atoms with Crippen molar-refractivity contribution in [3.05, 3.63) is 81.4 Å². The van der Waals surface area contributed by atoms with Crippen LogP contribution in [0.15, 0.2) is 70.3 Å². The Balaban J connectivity index is 1.88. The zero-order valence-corrected chi connectivity index (χ0v) is 14.5. The minimum absolute atomic E-state index is 0.0857. The molecule has 0 spiro atoms. The summed E-state index contributed by atoms with van der Waals surface area (Å²) in [6.45, 7) is 0. The second-order valence-electron chi connectivity index (χ2n) is 6.20. The fourth-order valence-electron chi connectivity index (χ4n) is 2.91. The number of phenols is 2. The number of aromatic nitrogens is 2. The molecule has 3 aromatic carbocycles. The van der Waals surface area contributed by atoms with Gasteiger partial charge >= 0.3 is 0 Å². The molecule has 0 amide bonds. The SMILES string of the molecule is O=c1[nH][nH]c(=O)c2cc(Nc3cccc(O)c3)c(Nc3cccc(O)c3)cc12. The summed E-state index contributed by atoms with van der Waals surface area (Å²) in [5, 5.41) is 30.7. The molecule has 0 fully saturated rings. The van der Waals surface area contributed by atoms with E-state index >= 15 is 0 Å². The number of phenolic OH excluding ortho intramolecular Hbond substituents is 2.